The van der Waals surface area contributed by atoms with E-state index in [2.05, 4.69) is 56.8 Å². The van der Waals surface area contributed by atoms with Gasteiger partial charge in [-0.15, -0.1) is 5.10 Å². The summed E-state index contributed by atoms with van der Waals surface area (Å²) >= 11 is 0. The maximum Gasteiger partial charge on any atom is 0.230 e. The van der Waals surface area contributed by atoms with Gasteiger partial charge < -0.3 is 15.2 Å². The Labute approximate surface area is 151 Å². The summed E-state index contributed by atoms with van der Waals surface area (Å²) in [6.07, 6.45) is 5.65. The second-order valence-electron chi connectivity index (χ2n) is 7.43. The van der Waals surface area contributed by atoms with Gasteiger partial charge in [0.25, 0.3) is 0 Å². The topological polar surface area (TPSA) is 73.9 Å². The number of rotatable bonds is 2. The van der Waals surface area contributed by atoms with Crippen LogP contribution in [0.25, 0.3) is 10.9 Å². The number of fused-ring (bicyclic) bond motifs is 2. The SMILES string of the molecule is CN1CC(C(=O)Nc2cccnn2)C[C@@H]2c3cccc4[nH]cc(c34)C[C@H]21. The van der Waals surface area contributed by atoms with Gasteiger partial charge in [-0.25, -0.2) is 0 Å². The van der Waals surface area contributed by atoms with Crippen molar-refractivity contribution in [3.63, 3.8) is 0 Å². The third kappa shape index (κ3) is 2.41. The molecule has 6 nitrogen and oxygen atoms in total. The Hall–Kier alpha value is -2.73. The Morgan fingerprint density at radius 2 is 2.23 bits per heavy atom. The van der Waals surface area contributed by atoms with Crippen LogP contribution in [0.5, 0.6) is 0 Å². The molecule has 6 heteroatoms. The predicted molar refractivity (Wildman–Crippen MR) is 99.9 cm³/mol. The molecule has 5 rings (SSSR count). The Kier molecular flexibility index (Phi) is 3.53. The number of amides is 1. The first kappa shape index (κ1) is 15.5. The van der Waals surface area contributed by atoms with E-state index in [0.29, 0.717) is 17.8 Å². The van der Waals surface area contributed by atoms with Crippen LogP contribution >= 0.6 is 0 Å². The molecule has 3 heterocycles. The molecule has 0 spiro atoms. The zero-order chi connectivity index (χ0) is 17.7. The van der Waals surface area contributed by atoms with Gasteiger partial charge in [0.15, 0.2) is 5.82 Å². The maximum absolute atomic E-state index is 12.8. The van der Waals surface area contributed by atoms with E-state index in [1.807, 2.05) is 0 Å². The van der Waals surface area contributed by atoms with E-state index in [1.165, 1.54) is 22.0 Å². The van der Waals surface area contributed by atoms with Crippen molar-refractivity contribution in [2.24, 2.45) is 5.92 Å². The Morgan fingerprint density at radius 1 is 1.31 bits per heavy atom. The molecule has 1 aliphatic heterocycles. The standard InChI is InChI=1S/C20H21N5O/c1-25-11-13(20(26)23-18-6-3-7-22-24-18)8-15-14-4-2-5-16-19(14)12(10-21-16)9-17(15)25/h2-7,10,13,15,17,21H,8-9,11H2,1H3,(H,23,24,26)/t13?,15-,17-/m1/s1. The fourth-order valence-electron chi connectivity index (χ4n) is 4.73. The second-order valence-corrected chi connectivity index (χ2v) is 7.43. The summed E-state index contributed by atoms with van der Waals surface area (Å²) in [5, 5.41) is 12.1. The van der Waals surface area contributed by atoms with E-state index in [-0.39, 0.29) is 11.8 Å². The van der Waals surface area contributed by atoms with Gasteiger partial charge in [-0.05, 0) is 49.2 Å². The predicted octanol–water partition coefficient (Wildman–Crippen LogP) is 2.56. The first-order valence-corrected chi connectivity index (χ1v) is 9.08. The molecule has 0 saturated carbocycles. The van der Waals surface area contributed by atoms with Crippen LogP contribution in [0.2, 0.25) is 0 Å². The monoisotopic (exact) mass is 347 g/mol. The van der Waals surface area contributed by atoms with E-state index in [9.17, 15) is 4.79 Å². The normalized spacial score (nSPS) is 25.0. The molecule has 1 aliphatic carbocycles. The highest BCUT2D eigenvalue weighted by atomic mass is 16.2. The molecule has 1 aromatic carbocycles. The molecule has 26 heavy (non-hydrogen) atoms. The second kappa shape index (κ2) is 5.92. The largest absolute Gasteiger partial charge is 0.361 e. The minimum Gasteiger partial charge on any atom is -0.361 e. The lowest BCUT2D eigenvalue weighted by Crippen LogP contribution is -2.50. The van der Waals surface area contributed by atoms with Crippen LogP contribution < -0.4 is 5.32 Å². The lowest BCUT2D eigenvalue weighted by atomic mass is 9.72. The number of aromatic amines is 1. The number of H-pyrrole nitrogens is 1. The van der Waals surface area contributed by atoms with Gasteiger partial charge in [0, 0.05) is 41.8 Å². The Morgan fingerprint density at radius 3 is 3.08 bits per heavy atom. The molecule has 3 aromatic rings. The molecule has 1 fully saturated rings. The Bertz CT molecular complexity index is 967. The summed E-state index contributed by atoms with van der Waals surface area (Å²) in [5.41, 5.74) is 3.97. The van der Waals surface area contributed by atoms with Crippen molar-refractivity contribution < 1.29 is 4.79 Å². The van der Waals surface area contributed by atoms with Gasteiger partial charge in [0.05, 0.1) is 5.92 Å². The van der Waals surface area contributed by atoms with Crippen LogP contribution in [-0.4, -0.2) is 45.6 Å². The number of piperidine rings is 1. The number of hydrogen-bond acceptors (Lipinski definition) is 4. The highest BCUT2D eigenvalue weighted by Gasteiger charge is 2.41. The van der Waals surface area contributed by atoms with E-state index in [1.54, 1.807) is 18.3 Å². The maximum atomic E-state index is 12.8. The molecule has 2 N–H and O–H groups in total. The summed E-state index contributed by atoms with van der Waals surface area (Å²) in [4.78, 5) is 18.6. The quantitative estimate of drug-likeness (QED) is 0.747. The molecule has 3 atom stereocenters. The van der Waals surface area contributed by atoms with Crippen LogP contribution in [0.15, 0.2) is 42.7 Å². The van der Waals surface area contributed by atoms with Crippen molar-refractivity contribution in [1.82, 2.24) is 20.1 Å². The number of benzene rings is 1. The van der Waals surface area contributed by atoms with E-state index in [0.717, 1.165) is 19.4 Å². The van der Waals surface area contributed by atoms with Gasteiger partial charge in [-0.1, -0.05) is 12.1 Å². The average Bonchev–Trinajstić information content (AvgIpc) is 3.08. The summed E-state index contributed by atoms with van der Waals surface area (Å²) in [5.74, 6) is 0.862. The molecule has 132 valence electrons. The fraction of sp³-hybridized carbons (Fsp3) is 0.350. The summed E-state index contributed by atoms with van der Waals surface area (Å²) < 4.78 is 0. The molecule has 0 bridgehead atoms. The number of anilines is 1. The number of hydrogen-bond donors (Lipinski definition) is 2. The van der Waals surface area contributed by atoms with E-state index < -0.39 is 0 Å². The number of nitrogens with one attached hydrogen (secondary N) is 2. The molecule has 1 amide bonds. The smallest absolute Gasteiger partial charge is 0.230 e. The molecule has 2 aliphatic rings. The zero-order valence-corrected chi connectivity index (χ0v) is 14.6. The zero-order valence-electron chi connectivity index (χ0n) is 14.6. The number of aromatic nitrogens is 3. The lowest BCUT2D eigenvalue weighted by Gasteiger charge is -2.45. The van der Waals surface area contributed by atoms with Crippen molar-refractivity contribution in [3.05, 3.63) is 53.9 Å². The van der Waals surface area contributed by atoms with Gasteiger partial charge in [0.1, 0.15) is 0 Å². The van der Waals surface area contributed by atoms with Crippen LogP contribution in [0.1, 0.15) is 23.5 Å². The average molecular weight is 347 g/mol. The summed E-state index contributed by atoms with van der Waals surface area (Å²) in [6.45, 7) is 0.767. The molecule has 0 radical (unpaired) electrons. The van der Waals surface area contributed by atoms with Gasteiger partial charge in [-0.2, -0.15) is 5.10 Å². The number of nitrogens with zero attached hydrogens (tertiary/aromatic N) is 3. The highest BCUT2D eigenvalue weighted by molar-refractivity contribution is 5.92. The van der Waals surface area contributed by atoms with E-state index in [4.69, 9.17) is 0 Å². The number of likely N-dealkylation sites (tertiary alicyclic amines) is 1. The van der Waals surface area contributed by atoms with Crippen molar-refractivity contribution in [2.45, 2.75) is 24.8 Å². The first-order chi connectivity index (χ1) is 12.7. The van der Waals surface area contributed by atoms with Crippen molar-refractivity contribution in [1.29, 1.82) is 0 Å². The number of carbonyl (C=O) groups is 1. The van der Waals surface area contributed by atoms with Crippen molar-refractivity contribution in [2.75, 3.05) is 18.9 Å². The summed E-state index contributed by atoms with van der Waals surface area (Å²) in [7, 11) is 2.14. The van der Waals surface area contributed by atoms with Crippen LogP contribution in [0.4, 0.5) is 5.82 Å². The molecule has 1 unspecified atom stereocenters. The van der Waals surface area contributed by atoms with Crippen molar-refractivity contribution >= 4 is 22.6 Å². The molecular formula is C20H21N5O. The lowest BCUT2D eigenvalue weighted by molar-refractivity contribution is -0.122. The number of likely N-dealkylation sites (N-methyl/N-ethyl adjacent to an activating group) is 1. The molecule has 1 saturated heterocycles. The summed E-state index contributed by atoms with van der Waals surface area (Å²) in [6, 6.07) is 10.5. The van der Waals surface area contributed by atoms with Crippen LogP contribution in [0.3, 0.4) is 0 Å². The van der Waals surface area contributed by atoms with Crippen LogP contribution in [0, 0.1) is 5.92 Å². The van der Waals surface area contributed by atoms with E-state index >= 15 is 0 Å². The molecule has 2 aromatic heterocycles. The third-order valence-electron chi connectivity index (χ3n) is 5.92. The van der Waals surface area contributed by atoms with Crippen LogP contribution in [-0.2, 0) is 11.2 Å². The third-order valence-corrected chi connectivity index (χ3v) is 5.92. The fourth-order valence-corrected chi connectivity index (χ4v) is 4.73. The minimum absolute atomic E-state index is 0.0304. The van der Waals surface area contributed by atoms with Gasteiger partial charge >= 0.3 is 0 Å². The highest BCUT2D eigenvalue weighted by Crippen LogP contribution is 2.44. The van der Waals surface area contributed by atoms with Gasteiger partial charge in [0.2, 0.25) is 5.91 Å². The first-order valence-electron chi connectivity index (χ1n) is 9.08. The Balaban J connectivity index is 1.45. The molecular weight excluding hydrogens is 326 g/mol. The number of carbonyl (C=O) groups excluding carboxylic acids is 1. The van der Waals surface area contributed by atoms with Crippen molar-refractivity contribution in [3.8, 4) is 0 Å². The van der Waals surface area contributed by atoms with Gasteiger partial charge in [-0.3, -0.25) is 4.79 Å². The minimum atomic E-state index is -0.0565.